The van der Waals surface area contributed by atoms with Crippen molar-refractivity contribution in [2.75, 3.05) is 20.8 Å². The average molecular weight is 367 g/mol. The number of nitrogens with zero attached hydrogens (tertiary/aromatic N) is 1. The van der Waals surface area contributed by atoms with Crippen LogP contribution in [0.4, 0.5) is 0 Å². The number of rotatable bonds is 4. The molecule has 3 rings (SSSR count). The number of carbonyl (C=O) groups is 1. The van der Waals surface area contributed by atoms with Gasteiger partial charge in [0.25, 0.3) is 0 Å². The highest BCUT2D eigenvalue weighted by Gasteiger charge is 2.36. The van der Waals surface area contributed by atoms with Crippen LogP contribution in [0.3, 0.4) is 0 Å². The quantitative estimate of drug-likeness (QED) is 0.803. The van der Waals surface area contributed by atoms with Crippen LogP contribution in [0.25, 0.3) is 0 Å². The van der Waals surface area contributed by atoms with E-state index in [2.05, 4.69) is 24.3 Å². The van der Waals surface area contributed by atoms with Crippen molar-refractivity contribution < 1.29 is 14.3 Å². The Morgan fingerprint density at radius 3 is 2.44 bits per heavy atom. The molecule has 0 bridgehead atoms. The lowest BCUT2D eigenvalue weighted by molar-refractivity contribution is -0.142. The molecule has 0 saturated carbocycles. The molecule has 1 unspecified atom stereocenters. The van der Waals surface area contributed by atoms with Crippen LogP contribution in [0.15, 0.2) is 42.5 Å². The number of carbonyl (C=O) groups excluding carboxylic acids is 1. The SMILES string of the molecule is COc1cccc(CC2c3ccc(OC)cc3CCN2C(=O)C(C)(C)C)c1. The summed E-state index contributed by atoms with van der Waals surface area (Å²) in [6.45, 7) is 6.69. The molecule has 1 amide bonds. The second-order valence-corrected chi connectivity index (χ2v) is 8.13. The van der Waals surface area contributed by atoms with E-state index in [4.69, 9.17) is 9.47 Å². The third-order valence-electron chi connectivity index (χ3n) is 5.17. The van der Waals surface area contributed by atoms with Gasteiger partial charge in [0.05, 0.1) is 20.3 Å². The molecule has 144 valence electrons. The second kappa shape index (κ2) is 7.63. The zero-order valence-corrected chi connectivity index (χ0v) is 16.9. The molecular weight excluding hydrogens is 338 g/mol. The van der Waals surface area contributed by atoms with E-state index in [-0.39, 0.29) is 11.9 Å². The molecule has 0 aromatic heterocycles. The Balaban J connectivity index is 2.01. The van der Waals surface area contributed by atoms with Gasteiger partial charge in [-0.1, -0.05) is 39.0 Å². The minimum absolute atomic E-state index is 0.0125. The first-order valence-electron chi connectivity index (χ1n) is 9.44. The predicted octanol–water partition coefficient (Wildman–Crippen LogP) is 4.42. The maximum absolute atomic E-state index is 13.2. The molecule has 2 aromatic carbocycles. The van der Waals surface area contributed by atoms with E-state index >= 15 is 0 Å². The molecular formula is C23H29NO3. The summed E-state index contributed by atoms with van der Waals surface area (Å²) in [5.41, 5.74) is 3.23. The molecule has 1 aliphatic rings. The third kappa shape index (κ3) is 4.10. The van der Waals surface area contributed by atoms with Gasteiger partial charge in [-0.2, -0.15) is 0 Å². The van der Waals surface area contributed by atoms with Crippen LogP contribution in [0, 0.1) is 5.41 Å². The number of hydrogen-bond acceptors (Lipinski definition) is 3. The minimum Gasteiger partial charge on any atom is -0.497 e. The standard InChI is InChI=1S/C23H29NO3/c1-23(2,3)22(25)24-12-11-17-15-19(27-5)9-10-20(17)21(24)14-16-7-6-8-18(13-16)26-4/h6-10,13,15,21H,11-12,14H2,1-5H3. The van der Waals surface area contributed by atoms with Crippen LogP contribution < -0.4 is 9.47 Å². The Hall–Kier alpha value is -2.49. The van der Waals surface area contributed by atoms with Crippen molar-refractivity contribution in [3.05, 3.63) is 59.2 Å². The highest BCUT2D eigenvalue weighted by Crippen LogP contribution is 2.37. The zero-order chi connectivity index (χ0) is 19.6. The molecule has 2 aromatic rings. The highest BCUT2D eigenvalue weighted by molar-refractivity contribution is 5.82. The molecule has 0 fully saturated rings. The third-order valence-corrected chi connectivity index (χ3v) is 5.17. The van der Waals surface area contributed by atoms with Crippen molar-refractivity contribution in [2.45, 2.75) is 39.7 Å². The van der Waals surface area contributed by atoms with Crippen LogP contribution in [0.2, 0.25) is 0 Å². The fourth-order valence-electron chi connectivity index (χ4n) is 3.73. The fraction of sp³-hybridized carbons (Fsp3) is 0.435. The molecule has 27 heavy (non-hydrogen) atoms. The Bertz CT molecular complexity index is 823. The lowest BCUT2D eigenvalue weighted by Crippen LogP contribution is -2.46. The predicted molar refractivity (Wildman–Crippen MR) is 107 cm³/mol. The smallest absolute Gasteiger partial charge is 0.228 e. The fourth-order valence-corrected chi connectivity index (χ4v) is 3.73. The Morgan fingerprint density at radius 1 is 1.07 bits per heavy atom. The molecule has 1 heterocycles. The van der Waals surface area contributed by atoms with E-state index in [1.807, 2.05) is 43.9 Å². The molecule has 4 nitrogen and oxygen atoms in total. The summed E-state index contributed by atoms with van der Waals surface area (Å²) in [6.07, 6.45) is 1.61. The Kier molecular flexibility index (Phi) is 5.45. The van der Waals surface area contributed by atoms with Gasteiger partial charge in [-0.3, -0.25) is 4.79 Å². The van der Waals surface area contributed by atoms with Crippen LogP contribution in [-0.2, 0) is 17.6 Å². The van der Waals surface area contributed by atoms with E-state index in [1.54, 1.807) is 14.2 Å². The highest BCUT2D eigenvalue weighted by atomic mass is 16.5. The van der Waals surface area contributed by atoms with E-state index < -0.39 is 5.41 Å². The number of ether oxygens (including phenoxy) is 2. The first-order valence-corrected chi connectivity index (χ1v) is 9.44. The van der Waals surface area contributed by atoms with Gasteiger partial charge in [0.1, 0.15) is 11.5 Å². The normalized spacial score (nSPS) is 16.6. The van der Waals surface area contributed by atoms with Crippen molar-refractivity contribution in [2.24, 2.45) is 5.41 Å². The summed E-state index contributed by atoms with van der Waals surface area (Å²) in [5, 5.41) is 0. The maximum Gasteiger partial charge on any atom is 0.228 e. The summed E-state index contributed by atoms with van der Waals surface area (Å²) < 4.78 is 10.8. The number of methoxy groups -OCH3 is 2. The van der Waals surface area contributed by atoms with Crippen LogP contribution in [0.1, 0.15) is 43.5 Å². The molecule has 0 aliphatic carbocycles. The van der Waals surface area contributed by atoms with E-state index in [9.17, 15) is 4.79 Å². The van der Waals surface area contributed by atoms with Gasteiger partial charge in [-0.25, -0.2) is 0 Å². The summed E-state index contributed by atoms with van der Waals surface area (Å²) in [6, 6.07) is 14.3. The van der Waals surface area contributed by atoms with Gasteiger partial charge in [0.15, 0.2) is 0 Å². The maximum atomic E-state index is 13.2. The molecule has 0 spiro atoms. The van der Waals surface area contributed by atoms with Crippen molar-refractivity contribution in [3.63, 3.8) is 0 Å². The topological polar surface area (TPSA) is 38.8 Å². The van der Waals surface area contributed by atoms with E-state index in [1.165, 1.54) is 11.1 Å². The summed E-state index contributed by atoms with van der Waals surface area (Å²) >= 11 is 0. The average Bonchev–Trinajstić information content (AvgIpc) is 2.66. The van der Waals surface area contributed by atoms with Gasteiger partial charge in [0, 0.05) is 12.0 Å². The Morgan fingerprint density at radius 2 is 1.78 bits per heavy atom. The summed E-state index contributed by atoms with van der Waals surface area (Å²) in [7, 11) is 3.37. The molecule has 0 saturated heterocycles. The van der Waals surface area contributed by atoms with Gasteiger partial charge < -0.3 is 14.4 Å². The van der Waals surface area contributed by atoms with Crippen molar-refractivity contribution in [1.82, 2.24) is 4.90 Å². The van der Waals surface area contributed by atoms with Gasteiger partial charge in [0.2, 0.25) is 5.91 Å². The number of fused-ring (bicyclic) bond motifs is 1. The van der Waals surface area contributed by atoms with Crippen LogP contribution in [-0.4, -0.2) is 31.6 Å². The molecule has 1 aliphatic heterocycles. The van der Waals surface area contributed by atoms with E-state index in [0.29, 0.717) is 0 Å². The molecule has 0 N–H and O–H groups in total. The Labute approximate surface area is 162 Å². The summed E-state index contributed by atoms with van der Waals surface area (Å²) in [4.78, 5) is 15.2. The first kappa shape index (κ1) is 19.3. The minimum atomic E-state index is -0.406. The lowest BCUT2D eigenvalue weighted by atomic mass is 9.85. The van der Waals surface area contributed by atoms with Crippen LogP contribution >= 0.6 is 0 Å². The second-order valence-electron chi connectivity index (χ2n) is 8.13. The molecule has 0 radical (unpaired) electrons. The monoisotopic (exact) mass is 367 g/mol. The largest absolute Gasteiger partial charge is 0.497 e. The van der Waals surface area contributed by atoms with Crippen LogP contribution in [0.5, 0.6) is 11.5 Å². The summed E-state index contributed by atoms with van der Waals surface area (Å²) in [5.74, 6) is 1.90. The van der Waals surface area contributed by atoms with Gasteiger partial charge in [-0.15, -0.1) is 0 Å². The number of amides is 1. The zero-order valence-electron chi connectivity index (χ0n) is 16.9. The van der Waals surface area contributed by atoms with Crippen molar-refractivity contribution >= 4 is 5.91 Å². The number of benzene rings is 2. The van der Waals surface area contributed by atoms with E-state index in [0.717, 1.165) is 36.4 Å². The number of hydrogen-bond donors (Lipinski definition) is 0. The molecule has 1 atom stereocenters. The van der Waals surface area contributed by atoms with Gasteiger partial charge >= 0.3 is 0 Å². The first-order chi connectivity index (χ1) is 12.8. The van der Waals surface area contributed by atoms with Crippen molar-refractivity contribution in [3.8, 4) is 11.5 Å². The molecule has 4 heteroatoms. The van der Waals surface area contributed by atoms with Crippen molar-refractivity contribution in [1.29, 1.82) is 0 Å². The lowest BCUT2D eigenvalue weighted by Gasteiger charge is -2.41. The van der Waals surface area contributed by atoms with Gasteiger partial charge in [-0.05, 0) is 53.8 Å².